The van der Waals surface area contributed by atoms with Gasteiger partial charge in [0, 0.05) is 6.20 Å². The molecule has 0 radical (unpaired) electrons. The first-order valence-electron chi connectivity index (χ1n) is 5.54. The van der Waals surface area contributed by atoms with Crippen molar-refractivity contribution >= 4 is 65.6 Å². The van der Waals surface area contributed by atoms with Gasteiger partial charge in [-0.25, -0.2) is 18.1 Å². The number of carbonyl (C=O) groups is 1. The van der Waals surface area contributed by atoms with Gasteiger partial charge in [0.15, 0.2) is 4.96 Å². The number of fused-ring (bicyclic) bond motifs is 3. The van der Waals surface area contributed by atoms with E-state index in [0.717, 1.165) is 16.5 Å². The van der Waals surface area contributed by atoms with Crippen LogP contribution in [0, 0.1) is 0 Å². The average molecular weight is 364 g/mol. The molecule has 2 heterocycles. The molecule has 2 aromatic heterocycles. The Hall–Kier alpha value is -1.35. The van der Waals surface area contributed by atoms with Crippen molar-refractivity contribution in [2.45, 2.75) is 0 Å². The fraction of sp³-hybridized carbons (Fsp3) is 0.0909. The van der Waals surface area contributed by atoms with Crippen LogP contribution in [0.1, 0.15) is 10.5 Å². The molecule has 1 amide bonds. The number of nitrogens with zero attached hydrogens (tertiary/aromatic N) is 2. The van der Waals surface area contributed by atoms with Crippen LogP contribution in [-0.2, 0) is 10.0 Å². The second kappa shape index (κ2) is 4.84. The topological polar surface area (TPSA) is 80.5 Å². The van der Waals surface area contributed by atoms with E-state index in [9.17, 15) is 13.2 Å². The third-order valence-electron chi connectivity index (χ3n) is 2.67. The van der Waals surface area contributed by atoms with Crippen LogP contribution in [0.3, 0.4) is 0 Å². The zero-order valence-corrected chi connectivity index (χ0v) is 13.6. The van der Waals surface area contributed by atoms with Crippen LogP contribution in [0.5, 0.6) is 0 Å². The Bertz CT molecular complexity index is 991. The monoisotopic (exact) mass is 363 g/mol. The molecule has 21 heavy (non-hydrogen) atoms. The molecule has 1 aromatic carbocycles. The van der Waals surface area contributed by atoms with E-state index in [1.165, 1.54) is 17.5 Å². The van der Waals surface area contributed by atoms with Crippen molar-refractivity contribution in [3.05, 3.63) is 34.1 Å². The molecule has 3 aromatic rings. The molecule has 110 valence electrons. The van der Waals surface area contributed by atoms with Gasteiger partial charge in [-0.3, -0.25) is 9.20 Å². The lowest BCUT2D eigenvalue weighted by Gasteiger charge is -1.98. The Labute approximate surface area is 133 Å². The van der Waals surface area contributed by atoms with E-state index in [0.29, 0.717) is 15.0 Å². The predicted molar refractivity (Wildman–Crippen MR) is 82.9 cm³/mol. The molecule has 6 nitrogen and oxygen atoms in total. The Morgan fingerprint density at radius 3 is 2.76 bits per heavy atom. The summed E-state index contributed by atoms with van der Waals surface area (Å²) >= 11 is 13.3. The fourth-order valence-corrected chi connectivity index (χ4v) is 3.81. The molecule has 0 atom stereocenters. The van der Waals surface area contributed by atoms with Gasteiger partial charge in [-0.2, -0.15) is 0 Å². The van der Waals surface area contributed by atoms with E-state index in [4.69, 9.17) is 23.2 Å². The van der Waals surface area contributed by atoms with E-state index in [2.05, 4.69) is 4.98 Å². The minimum atomic E-state index is -3.63. The SMILES string of the molecule is CS(=O)(=O)NC(=O)c1cn2c(n1)sc1c(Cl)c(Cl)ccc12. The number of benzene rings is 1. The first-order valence-corrected chi connectivity index (χ1v) is 9.00. The molecule has 3 rings (SSSR count). The van der Waals surface area contributed by atoms with Crippen LogP contribution in [0.15, 0.2) is 18.3 Å². The second-order valence-electron chi connectivity index (χ2n) is 4.29. The largest absolute Gasteiger partial charge is 0.289 e. The molecular weight excluding hydrogens is 357 g/mol. The van der Waals surface area contributed by atoms with Crippen LogP contribution in [0.2, 0.25) is 10.0 Å². The van der Waals surface area contributed by atoms with Crippen molar-refractivity contribution in [2.75, 3.05) is 6.26 Å². The number of carbonyl (C=O) groups excluding carboxylic acids is 1. The van der Waals surface area contributed by atoms with E-state index in [1.807, 2.05) is 4.72 Å². The number of imidazole rings is 1. The molecule has 0 saturated heterocycles. The van der Waals surface area contributed by atoms with Gasteiger partial charge < -0.3 is 0 Å². The van der Waals surface area contributed by atoms with Crippen molar-refractivity contribution in [3.8, 4) is 0 Å². The molecule has 10 heteroatoms. The maximum atomic E-state index is 11.8. The number of nitrogens with one attached hydrogen (secondary N) is 1. The summed E-state index contributed by atoms with van der Waals surface area (Å²) in [7, 11) is -3.63. The van der Waals surface area contributed by atoms with Crippen molar-refractivity contribution in [2.24, 2.45) is 0 Å². The van der Waals surface area contributed by atoms with E-state index in [-0.39, 0.29) is 5.69 Å². The van der Waals surface area contributed by atoms with Gasteiger partial charge in [-0.1, -0.05) is 34.5 Å². The van der Waals surface area contributed by atoms with Crippen molar-refractivity contribution in [1.82, 2.24) is 14.1 Å². The number of thiazole rings is 1. The summed E-state index contributed by atoms with van der Waals surface area (Å²) in [4.78, 5) is 16.4. The standard InChI is InChI=1S/C11H7Cl2N3O3S2/c1-21(18,19)15-10(17)6-4-16-7-3-2-5(12)8(13)9(7)20-11(16)14-6/h2-4H,1H3,(H,15,17). The third kappa shape index (κ3) is 2.59. The zero-order valence-electron chi connectivity index (χ0n) is 10.4. The Morgan fingerprint density at radius 1 is 1.38 bits per heavy atom. The molecule has 0 unspecified atom stereocenters. The van der Waals surface area contributed by atoms with Gasteiger partial charge in [0.2, 0.25) is 10.0 Å². The Balaban J connectivity index is 2.14. The summed E-state index contributed by atoms with van der Waals surface area (Å²) in [5.74, 6) is -0.776. The quantitative estimate of drug-likeness (QED) is 0.758. The van der Waals surface area contributed by atoms with Crippen LogP contribution < -0.4 is 4.72 Å². The lowest BCUT2D eigenvalue weighted by atomic mass is 10.3. The molecule has 0 bridgehead atoms. The molecule has 0 fully saturated rings. The number of sulfonamides is 1. The minimum absolute atomic E-state index is 0.0136. The maximum absolute atomic E-state index is 11.8. The van der Waals surface area contributed by atoms with E-state index in [1.54, 1.807) is 16.5 Å². The van der Waals surface area contributed by atoms with Crippen LogP contribution >= 0.6 is 34.5 Å². The molecular formula is C11H7Cl2N3O3S2. The zero-order chi connectivity index (χ0) is 15.4. The molecule has 0 aliphatic rings. The Morgan fingerprint density at radius 2 is 2.10 bits per heavy atom. The number of rotatable bonds is 2. The highest BCUT2D eigenvalue weighted by Crippen LogP contribution is 2.36. The molecule has 0 aliphatic heterocycles. The van der Waals surface area contributed by atoms with Gasteiger partial charge in [0.25, 0.3) is 5.91 Å². The first-order chi connectivity index (χ1) is 9.76. The molecule has 0 saturated carbocycles. The summed E-state index contributed by atoms with van der Waals surface area (Å²) in [6.07, 6.45) is 2.36. The van der Waals surface area contributed by atoms with Gasteiger partial charge in [-0.15, -0.1) is 0 Å². The summed E-state index contributed by atoms with van der Waals surface area (Å²) in [5.41, 5.74) is 0.759. The van der Waals surface area contributed by atoms with Gasteiger partial charge >= 0.3 is 0 Å². The fourth-order valence-electron chi connectivity index (χ4n) is 1.84. The molecule has 0 aliphatic carbocycles. The highest BCUT2D eigenvalue weighted by Gasteiger charge is 2.18. The minimum Gasteiger partial charge on any atom is -0.289 e. The third-order valence-corrected chi connectivity index (χ3v) is 5.23. The predicted octanol–water partition coefficient (Wildman–Crippen LogP) is 2.55. The van der Waals surface area contributed by atoms with E-state index < -0.39 is 15.9 Å². The number of hydrogen-bond donors (Lipinski definition) is 1. The first kappa shape index (κ1) is 14.6. The lowest BCUT2D eigenvalue weighted by molar-refractivity contribution is 0.0977. The smallest absolute Gasteiger partial charge is 0.284 e. The number of hydrogen-bond acceptors (Lipinski definition) is 5. The van der Waals surface area contributed by atoms with Gasteiger partial charge in [-0.05, 0) is 12.1 Å². The Kier molecular flexibility index (Phi) is 3.36. The molecule has 1 N–H and O–H groups in total. The van der Waals surface area contributed by atoms with E-state index >= 15 is 0 Å². The van der Waals surface area contributed by atoms with Crippen LogP contribution in [0.4, 0.5) is 0 Å². The van der Waals surface area contributed by atoms with Crippen molar-refractivity contribution in [3.63, 3.8) is 0 Å². The normalized spacial score (nSPS) is 12.1. The van der Waals surface area contributed by atoms with Crippen molar-refractivity contribution in [1.29, 1.82) is 0 Å². The molecule has 0 spiro atoms. The van der Waals surface area contributed by atoms with Crippen LogP contribution in [0.25, 0.3) is 15.2 Å². The second-order valence-corrected chi connectivity index (χ2v) is 7.80. The van der Waals surface area contributed by atoms with Crippen LogP contribution in [-0.4, -0.2) is 30.0 Å². The lowest BCUT2D eigenvalue weighted by Crippen LogP contribution is -2.29. The average Bonchev–Trinajstić information content (AvgIpc) is 2.89. The highest BCUT2D eigenvalue weighted by molar-refractivity contribution is 7.89. The number of amides is 1. The summed E-state index contributed by atoms with van der Waals surface area (Å²) in [5, 5.41) is 0.857. The van der Waals surface area contributed by atoms with Crippen molar-refractivity contribution < 1.29 is 13.2 Å². The summed E-state index contributed by atoms with van der Waals surface area (Å²) in [6, 6.07) is 3.40. The maximum Gasteiger partial charge on any atom is 0.284 e. The van der Waals surface area contributed by atoms with Gasteiger partial charge in [0.05, 0.1) is 26.5 Å². The van der Waals surface area contributed by atoms with Gasteiger partial charge in [0.1, 0.15) is 5.69 Å². The summed E-state index contributed by atoms with van der Waals surface area (Å²) in [6.45, 7) is 0. The summed E-state index contributed by atoms with van der Waals surface area (Å²) < 4.78 is 26.4. The highest BCUT2D eigenvalue weighted by atomic mass is 35.5. The number of aromatic nitrogens is 2. The number of halogens is 2.